The van der Waals surface area contributed by atoms with Crippen molar-refractivity contribution in [2.45, 2.75) is 12.7 Å². The molecule has 1 aromatic carbocycles. The van der Waals surface area contributed by atoms with Gasteiger partial charge in [0.2, 0.25) is 0 Å². The zero-order valence-electron chi connectivity index (χ0n) is 13.0. The van der Waals surface area contributed by atoms with Crippen LogP contribution in [0.2, 0.25) is 0 Å². The molecule has 1 heterocycles. The fourth-order valence-electron chi connectivity index (χ4n) is 1.92. The van der Waals surface area contributed by atoms with E-state index < -0.39 is 42.3 Å². The Hall–Kier alpha value is -2.62. The van der Waals surface area contributed by atoms with Gasteiger partial charge in [-0.1, -0.05) is 22.0 Å². The molecule has 0 aliphatic rings. The zero-order valence-corrected chi connectivity index (χ0v) is 14.6. The van der Waals surface area contributed by atoms with Crippen LogP contribution in [0.15, 0.2) is 51.9 Å². The molecule has 138 valence electrons. The van der Waals surface area contributed by atoms with Crippen molar-refractivity contribution in [1.82, 2.24) is 4.57 Å². The summed E-state index contributed by atoms with van der Waals surface area (Å²) >= 11 is 3.23. The maximum atomic E-state index is 12.6. The molecule has 2 rings (SSSR count). The van der Waals surface area contributed by atoms with E-state index in [4.69, 9.17) is 0 Å². The SMILES string of the molecule is O=C(COC(=O)Cn1cc(C(F)(F)F)ccc1=O)Nc1cccc(Br)c1. The maximum absolute atomic E-state index is 12.6. The summed E-state index contributed by atoms with van der Waals surface area (Å²) in [6.07, 6.45) is -4.13. The third-order valence-electron chi connectivity index (χ3n) is 3.08. The quantitative estimate of drug-likeness (QED) is 0.736. The molecule has 0 saturated heterocycles. The van der Waals surface area contributed by atoms with Gasteiger partial charge in [-0.05, 0) is 24.3 Å². The lowest BCUT2D eigenvalue weighted by molar-refractivity contribution is -0.148. The molecule has 0 atom stereocenters. The van der Waals surface area contributed by atoms with Crippen LogP contribution >= 0.6 is 15.9 Å². The number of anilines is 1. The predicted molar refractivity (Wildman–Crippen MR) is 89.4 cm³/mol. The van der Waals surface area contributed by atoms with Crippen LogP contribution in [0.4, 0.5) is 18.9 Å². The summed E-state index contributed by atoms with van der Waals surface area (Å²) in [5.41, 5.74) is -1.40. The number of alkyl halides is 3. The predicted octanol–water partition coefficient (Wildman–Crippen LogP) is 2.81. The molecule has 0 unspecified atom stereocenters. The lowest BCUT2D eigenvalue weighted by Gasteiger charge is -2.11. The van der Waals surface area contributed by atoms with Gasteiger partial charge in [-0.25, -0.2) is 0 Å². The number of esters is 1. The minimum absolute atomic E-state index is 0.467. The molecule has 0 aliphatic carbocycles. The molecule has 0 spiro atoms. The summed E-state index contributed by atoms with van der Waals surface area (Å²) in [7, 11) is 0. The van der Waals surface area contributed by atoms with Gasteiger partial charge >= 0.3 is 12.1 Å². The van der Waals surface area contributed by atoms with E-state index in [0.29, 0.717) is 28.6 Å². The number of carbonyl (C=O) groups is 2. The Bertz CT molecular complexity index is 880. The number of hydrogen-bond donors (Lipinski definition) is 1. The Morgan fingerprint density at radius 1 is 1.19 bits per heavy atom. The molecule has 1 aromatic heterocycles. The number of halogens is 4. The van der Waals surface area contributed by atoms with Crippen LogP contribution in [0.5, 0.6) is 0 Å². The number of rotatable bonds is 5. The highest BCUT2D eigenvalue weighted by Crippen LogP contribution is 2.28. The second-order valence-electron chi connectivity index (χ2n) is 5.10. The van der Waals surface area contributed by atoms with Gasteiger partial charge in [0.15, 0.2) is 6.61 Å². The van der Waals surface area contributed by atoms with Crippen molar-refractivity contribution in [2.75, 3.05) is 11.9 Å². The van der Waals surface area contributed by atoms with Crippen LogP contribution in [0.3, 0.4) is 0 Å². The third kappa shape index (κ3) is 5.73. The lowest BCUT2D eigenvalue weighted by atomic mass is 10.3. The second kappa shape index (κ2) is 8.17. The minimum Gasteiger partial charge on any atom is -0.454 e. The van der Waals surface area contributed by atoms with Gasteiger partial charge in [0.25, 0.3) is 11.5 Å². The normalized spacial score (nSPS) is 11.1. The van der Waals surface area contributed by atoms with Gasteiger partial charge in [0.05, 0.1) is 5.56 Å². The largest absolute Gasteiger partial charge is 0.454 e. The molecule has 10 heteroatoms. The summed E-state index contributed by atoms with van der Waals surface area (Å²) in [4.78, 5) is 34.9. The molecule has 1 N–H and O–H groups in total. The molecule has 0 fully saturated rings. The fourth-order valence-corrected chi connectivity index (χ4v) is 2.32. The Labute approximate surface area is 153 Å². The lowest BCUT2D eigenvalue weighted by Crippen LogP contribution is -2.28. The smallest absolute Gasteiger partial charge is 0.417 e. The van der Waals surface area contributed by atoms with Crippen LogP contribution in [-0.4, -0.2) is 23.1 Å². The first-order chi connectivity index (χ1) is 12.1. The number of pyridine rings is 1. The Balaban J connectivity index is 1.93. The molecule has 26 heavy (non-hydrogen) atoms. The Kier molecular flexibility index (Phi) is 6.19. The first kappa shape index (κ1) is 19.7. The molecular weight excluding hydrogens is 421 g/mol. The van der Waals surface area contributed by atoms with Crippen LogP contribution in [-0.2, 0) is 27.0 Å². The van der Waals surface area contributed by atoms with Crippen molar-refractivity contribution in [2.24, 2.45) is 0 Å². The number of aromatic nitrogens is 1. The number of amides is 1. The van der Waals surface area contributed by atoms with Gasteiger partial charge in [-0.3, -0.25) is 14.4 Å². The van der Waals surface area contributed by atoms with Crippen molar-refractivity contribution in [3.05, 3.63) is 63.0 Å². The second-order valence-corrected chi connectivity index (χ2v) is 6.02. The number of nitrogens with one attached hydrogen (secondary N) is 1. The first-order valence-corrected chi connectivity index (χ1v) is 7.93. The van der Waals surface area contributed by atoms with Gasteiger partial charge in [-0.2, -0.15) is 13.2 Å². The van der Waals surface area contributed by atoms with Crippen molar-refractivity contribution < 1.29 is 27.5 Å². The molecule has 6 nitrogen and oxygen atoms in total. The van der Waals surface area contributed by atoms with Gasteiger partial charge in [0.1, 0.15) is 6.54 Å². The highest BCUT2D eigenvalue weighted by Gasteiger charge is 2.31. The number of ether oxygens (including phenoxy) is 1. The highest BCUT2D eigenvalue weighted by atomic mass is 79.9. The number of nitrogens with zero attached hydrogens (tertiary/aromatic N) is 1. The Morgan fingerprint density at radius 3 is 2.58 bits per heavy atom. The molecule has 0 radical (unpaired) electrons. The van der Waals surface area contributed by atoms with E-state index in [9.17, 15) is 27.6 Å². The average Bonchev–Trinajstić information content (AvgIpc) is 2.54. The van der Waals surface area contributed by atoms with Crippen LogP contribution in [0, 0.1) is 0 Å². The van der Waals surface area contributed by atoms with E-state index >= 15 is 0 Å². The van der Waals surface area contributed by atoms with Crippen LogP contribution in [0.25, 0.3) is 0 Å². The molecule has 1 amide bonds. The van der Waals surface area contributed by atoms with E-state index in [-0.39, 0.29) is 0 Å². The Morgan fingerprint density at radius 2 is 1.92 bits per heavy atom. The molecule has 0 saturated carbocycles. The van der Waals surface area contributed by atoms with Gasteiger partial charge in [0, 0.05) is 22.4 Å². The summed E-state index contributed by atoms with van der Waals surface area (Å²) in [5.74, 6) is -1.65. The molecule has 0 aliphatic heterocycles. The summed E-state index contributed by atoms with van der Waals surface area (Å²) in [5, 5.41) is 2.48. The van der Waals surface area contributed by atoms with E-state index in [0.717, 1.165) is 4.47 Å². The van der Waals surface area contributed by atoms with E-state index in [1.165, 1.54) is 0 Å². The fraction of sp³-hybridized carbons (Fsp3) is 0.188. The first-order valence-electron chi connectivity index (χ1n) is 7.14. The average molecular weight is 433 g/mol. The summed E-state index contributed by atoms with van der Waals surface area (Å²) < 4.78 is 43.9. The number of hydrogen-bond acceptors (Lipinski definition) is 4. The van der Waals surface area contributed by atoms with E-state index in [2.05, 4.69) is 26.0 Å². The third-order valence-corrected chi connectivity index (χ3v) is 3.58. The summed E-state index contributed by atoms with van der Waals surface area (Å²) in [6.45, 7) is -1.38. The number of carbonyl (C=O) groups excluding carboxylic acids is 2. The van der Waals surface area contributed by atoms with E-state index in [1.54, 1.807) is 24.3 Å². The molecule has 2 aromatic rings. The zero-order chi connectivity index (χ0) is 19.3. The minimum atomic E-state index is -4.65. The van der Waals surface area contributed by atoms with Gasteiger partial charge in [-0.15, -0.1) is 0 Å². The van der Waals surface area contributed by atoms with Crippen molar-refractivity contribution in [3.8, 4) is 0 Å². The highest BCUT2D eigenvalue weighted by molar-refractivity contribution is 9.10. The van der Waals surface area contributed by atoms with Crippen LogP contribution in [0.1, 0.15) is 5.56 Å². The molecule has 0 bridgehead atoms. The van der Waals surface area contributed by atoms with Crippen molar-refractivity contribution in [1.29, 1.82) is 0 Å². The topological polar surface area (TPSA) is 77.4 Å². The standard InChI is InChI=1S/C16H12BrF3N2O4/c17-11-2-1-3-12(6-11)21-13(23)9-26-15(25)8-22-7-10(16(18,19)20)4-5-14(22)24/h1-7H,8-9H2,(H,21,23). The van der Waals surface area contributed by atoms with Crippen molar-refractivity contribution in [3.63, 3.8) is 0 Å². The monoisotopic (exact) mass is 432 g/mol. The van der Waals surface area contributed by atoms with Crippen molar-refractivity contribution >= 4 is 33.5 Å². The van der Waals surface area contributed by atoms with Gasteiger partial charge < -0.3 is 14.6 Å². The van der Waals surface area contributed by atoms with E-state index in [1.807, 2.05) is 0 Å². The van der Waals surface area contributed by atoms with Crippen LogP contribution < -0.4 is 10.9 Å². The molecular formula is C16H12BrF3N2O4. The number of benzene rings is 1. The summed E-state index contributed by atoms with van der Waals surface area (Å²) in [6, 6.07) is 8.01. The maximum Gasteiger partial charge on any atom is 0.417 e.